The minimum Gasteiger partial charge on any atom is -1.00 e. The zero-order valence-corrected chi connectivity index (χ0v) is 9.87. The van der Waals surface area contributed by atoms with Crippen molar-refractivity contribution in [3.63, 3.8) is 0 Å². The van der Waals surface area contributed by atoms with Gasteiger partial charge in [-0.05, 0) is 5.56 Å². The number of benzene rings is 1. The third-order valence-electron chi connectivity index (χ3n) is 2.25. The van der Waals surface area contributed by atoms with Crippen LogP contribution in [0.3, 0.4) is 0 Å². The van der Waals surface area contributed by atoms with E-state index in [1.807, 2.05) is 0 Å². The smallest absolute Gasteiger partial charge is 0.157 e. The van der Waals surface area contributed by atoms with Crippen molar-refractivity contribution in [2.45, 2.75) is 6.54 Å². The molecule has 1 unspecified atom stereocenters. The van der Waals surface area contributed by atoms with Gasteiger partial charge in [0.25, 0.3) is 0 Å². The minimum atomic E-state index is 0. The van der Waals surface area contributed by atoms with Gasteiger partial charge in [-0.15, -0.1) is 0 Å². The van der Waals surface area contributed by atoms with Gasteiger partial charge < -0.3 is 21.9 Å². The van der Waals surface area contributed by atoms with E-state index in [1.165, 1.54) is 10.5 Å². The van der Waals surface area contributed by atoms with E-state index in [1.54, 1.807) is 0 Å². The normalized spacial score (nSPS) is 19.5. The third-order valence-corrected chi connectivity index (χ3v) is 2.25. The van der Waals surface area contributed by atoms with Crippen LogP contribution in [0.2, 0.25) is 0 Å². The molecule has 0 saturated carbocycles. The fourth-order valence-corrected chi connectivity index (χ4v) is 1.58. The van der Waals surface area contributed by atoms with Crippen molar-refractivity contribution in [2.24, 2.45) is 0 Å². The highest BCUT2D eigenvalue weighted by molar-refractivity contribution is 5.14. The van der Waals surface area contributed by atoms with Crippen molar-refractivity contribution >= 4 is 0 Å². The van der Waals surface area contributed by atoms with E-state index in [-0.39, 0.29) is 17.0 Å². The van der Waals surface area contributed by atoms with Crippen LogP contribution in [-0.4, -0.2) is 18.6 Å². The maximum atomic E-state index is 2.32. The zero-order valence-electron chi connectivity index (χ0n) is 8.28. The van der Waals surface area contributed by atoms with Crippen molar-refractivity contribution in [3.05, 3.63) is 48.3 Å². The number of hydrogen-bond donors (Lipinski definition) is 1. The Morgan fingerprint density at radius 3 is 2.57 bits per heavy atom. The van der Waals surface area contributed by atoms with Gasteiger partial charge in [-0.2, -0.15) is 0 Å². The maximum absolute atomic E-state index is 2.32. The highest BCUT2D eigenvalue weighted by atomic mass is 79.9. The van der Waals surface area contributed by atoms with Crippen LogP contribution in [0.1, 0.15) is 5.56 Å². The van der Waals surface area contributed by atoms with Gasteiger partial charge in [0.1, 0.15) is 6.20 Å². The van der Waals surface area contributed by atoms with Gasteiger partial charge in [0.05, 0.1) is 13.2 Å². The van der Waals surface area contributed by atoms with Crippen LogP contribution in [0.15, 0.2) is 42.7 Å². The van der Waals surface area contributed by atoms with E-state index < -0.39 is 0 Å². The topological polar surface area (TPSA) is 7.68 Å². The Bertz CT molecular complexity index is 297. The largest absolute Gasteiger partial charge is 1.00 e. The number of nitrogens with zero attached hydrogens (tertiary/aromatic N) is 1. The Labute approximate surface area is 95.6 Å². The number of hydrogen-bond acceptors (Lipinski definition) is 1. The summed E-state index contributed by atoms with van der Waals surface area (Å²) in [5.41, 5.74) is 1.38. The SMILES string of the molecule is C[NH+]1C=CN(Cc2ccccc2)C1.[Br-]. The molecule has 1 aromatic carbocycles. The average Bonchev–Trinajstić information content (AvgIpc) is 2.53. The summed E-state index contributed by atoms with van der Waals surface area (Å²) < 4.78 is 0. The zero-order chi connectivity index (χ0) is 9.10. The fourth-order valence-electron chi connectivity index (χ4n) is 1.58. The van der Waals surface area contributed by atoms with Gasteiger partial charge in [0.15, 0.2) is 6.67 Å². The van der Waals surface area contributed by atoms with E-state index >= 15 is 0 Å². The lowest BCUT2D eigenvalue weighted by Gasteiger charge is -2.14. The van der Waals surface area contributed by atoms with Crippen LogP contribution in [0.5, 0.6) is 0 Å². The van der Waals surface area contributed by atoms with Crippen LogP contribution in [0.4, 0.5) is 0 Å². The lowest BCUT2D eigenvalue weighted by Crippen LogP contribution is -3.03. The standard InChI is InChI=1S/C11H14N2.BrH/c1-12-7-8-13(10-12)9-11-5-3-2-4-6-11;/h2-8H,9-10H2,1H3;1H. The van der Waals surface area contributed by atoms with Gasteiger partial charge in [-0.1, -0.05) is 30.3 Å². The van der Waals surface area contributed by atoms with Crippen molar-refractivity contribution in [2.75, 3.05) is 13.7 Å². The monoisotopic (exact) mass is 254 g/mol. The van der Waals surface area contributed by atoms with Crippen molar-refractivity contribution in [1.82, 2.24) is 4.90 Å². The van der Waals surface area contributed by atoms with Crippen LogP contribution in [-0.2, 0) is 6.54 Å². The number of nitrogens with one attached hydrogen (secondary N) is 1. The molecule has 0 saturated heterocycles. The second-order valence-electron chi connectivity index (χ2n) is 3.55. The summed E-state index contributed by atoms with van der Waals surface area (Å²) in [6, 6.07) is 10.6. The molecule has 76 valence electrons. The predicted octanol–water partition coefficient (Wildman–Crippen LogP) is -2.55. The molecule has 3 heteroatoms. The second-order valence-corrected chi connectivity index (χ2v) is 3.55. The molecule has 2 nitrogen and oxygen atoms in total. The quantitative estimate of drug-likeness (QED) is 0.611. The van der Waals surface area contributed by atoms with E-state index in [9.17, 15) is 0 Å². The summed E-state index contributed by atoms with van der Waals surface area (Å²) in [7, 11) is 2.17. The highest BCUT2D eigenvalue weighted by Crippen LogP contribution is 2.04. The van der Waals surface area contributed by atoms with Crippen molar-refractivity contribution < 1.29 is 21.9 Å². The van der Waals surface area contributed by atoms with E-state index in [2.05, 4.69) is 54.7 Å². The Morgan fingerprint density at radius 2 is 2.00 bits per heavy atom. The summed E-state index contributed by atoms with van der Waals surface area (Å²) in [5, 5.41) is 0. The molecular weight excluding hydrogens is 240 g/mol. The molecule has 1 heterocycles. The van der Waals surface area contributed by atoms with Crippen LogP contribution < -0.4 is 21.9 Å². The van der Waals surface area contributed by atoms with Gasteiger partial charge in [0, 0.05) is 6.54 Å². The first-order valence-electron chi connectivity index (χ1n) is 4.63. The lowest BCUT2D eigenvalue weighted by molar-refractivity contribution is -0.827. The van der Waals surface area contributed by atoms with Crippen LogP contribution in [0.25, 0.3) is 0 Å². The Kier molecular flexibility index (Phi) is 4.17. The number of quaternary nitrogens is 1. The molecule has 1 aliphatic heterocycles. The van der Waals surface area contributed by atoms with Crippen LogP contribution in [0, 0.1) is 0 Å². The number of halogens is 1. The summed E-state index contributed by atoms with van der Waals surface area (Å²) in [4.78, 5) is 3.76. The van der Waals surface area contributed by atoms with Crippen molar-refractivity contribution in [1.29, 1.82) is 0 Å². The first kappa shape index (κ1) is 11.3. The number of rotatable bonds is 2. The average molecular weight is 255 g/mol. The molecular formula is C11H15BrN2. The highest BCUT2D eigenvalue weighted by Gasteiger charge is 2.11. The molecule has 1 atom stereocenters. The van der Waals surface area contributed by atoms with E-state index in [0.29, 0.717) is 0 Å². The summed E-state index contributed by atoms with van der Waals surface area (Å²) in [6.45, 7) is 2.10. The fraction of sp³-hybridized carbons (Fsp3) is 0.273. The molecule has 0 aliphatic carbocycles. The molecule has 2 rings (SSSR count). The third kappa shape index (κ3) is 2.86. The minimum absolute atomic E-state index is 0. The molecule has 1 N–H and O–H groups in total. The predicted molar refractivity (Wildman–Crippen MR) is 52.9 cm³/mol. The molecule has 0 aromatic heterocycles. The Morgan fingerprint density at radius 1 is 1.29 bits per heavy atom. The summed E-state index contributed by atoms with van der Waals surface area (Å²) in [5.74, 6) is 0. The maximum Gasteiger partial charge on any atom is 0.157 e. The first-order valence-corrected chi connectivity index (χ1v) is 4.63. The first-order chi connectivity index (χ1) is 6.34. The second kappa shape index (κ2) is 5.17. The van der Waals surface area contributed by atoms with E-state index in [0.717, 1.165) is 13.2 Å². The van der Waals surface area contributed by atoms with Gasteiger partial charge in [-0.3, -0.25) is 4.90 Å². The molecule has 14 heavy (non-hydrogen) atoms. The van der Waals surface area contributed by atoms with E-state index in [4.69, 9.17) is 0 Å². The summed E-state index contributed by atoms with van der Waals surface area (Å²) in [6.07, 6.45) is 4.35. The molecule has 1 aliphatic rings. The van der Waals surface area contributed by atoms with Crippen LogP contribution >= 0.6 is 0 Å². The molecule has 0 fully saturated rings. The molecule has 0 spiro atoms. The lowest BCUT2D eigenvalue weighted by atomic mass is 10.2. The molecule has 0 bridgehead atoms. The van der Waals surface area contributed by atoms with Gasteiger partial charge in [0.2, 0.25) is 0 Å². The Hall–Kier alpha value is -0.800. The molecule has 0 radical (unpaired) electrons. The molecule has 0 amide bonds. The van der Waals surface area contributed by atoms with Gasteiger partial charge in [-0.25, -0.2) is 0 Å². The van der Waals surface area contributed by atoms with Gasteiger partial charge >= 0.3 is 0 Å². The Balaban J connectivity index is 0.000000980. The summed E-state index contributed by atoms with van der Waals surface area (Å²) >= 11 is 0. The molecule has 1 aromatic rings. The van der Waals surface area contributed by atoms with Crippen molar-refractivity contribution in [3.8, 4) is 0 Å².